The van der Waals surface area contributed by atoms with Crippen molar-refractivity contribution in [3.8, 4) is 5.75 Å². The molecule has 0 amide bonds. The van der Waals surface area contributed by atoms with Crippen molar-refractivity contribution < 1.29 is 4.74 Å². The first-order valence-corrected chi connectivity index (χ1v) is 7.00. The highest BCUT2D eigenvalue weighted by Gasteiger charge is 2.12. The molecule has 5 heteroatoms. The Labute approximate surface area is 122 Å². The number of benzene rings is 1. The molecule has 2 aromatic rings. The molecule has 0 aliphatic heterocycles. The summed E-state index contributed by atoms with van der Waals surface area (Å²) >= 11 is 1.62. The number of nitrogens with zero attached hydrogens (tertiary/aromatic N) is 2. The molecule has 20 heavy (non-hydrogen) atoms. The topological polar surface area (TPSA) is 46.5 Å². The molecule has 0 radical (unpaired) electrons. The summed E-state index contributed by atoms with van der Waals surface area (Å²) in [6.45, 7) is 5.51. The van der Waals surface area contributed by atoms with Crippen molar-refractivity contribution >= 4 is 33.8 Å². The molecular weight excluding hydrogens is 270 g/mol. The Balaban J connectivity index is 2.54. The number of aromatic nitrogens is 1. The number of likely N-dealkylation sites (N-methyl/N-ethyl adjacent to an activating group) is 1. The second-order valence-corrected chi connectivity index (χ2v) is 5.06. The summed E-state index contributed by atoms with van der Waals surface area (Å²) in [5, 5.41) is 4.05. The van der Waals surface area contributed by atoms with E-state index in [9.17, 15) is 0 Å². The first-order valence-electron chi connectivity index (χ1n) is 6.18. The van der Waals surface area contributed by atoms with Crippen molar-refractivity contribution in [2.75, 3.05) is 14.2 Å². The number of hydrogen-bond acceptors (Lipinski definition) is 5. The maximum Gasteiger partial charge on any atom is 0.128 e. The van der Waals surface area contributed by atoms with E-state index in [0.29, 0.717) is 0 Å². The molecule has 0 saturated heterocycles. The predicted octanol–water partition coefficient (Wildman–Crippen LogP) is 3.47. The minimum absolute atomic E-state index is 0.807. The van der Waals surface area contributed by atoms with Gasteiger partial charge in [0, 0.05) is 25.0 Å². The third kappa shape index (κ3) is 2.72. The van der Waals surface area contributed by atoms with Crippen LogP contribution in [0.3, 0.4) is 0 Å². The average Bonchev–Trinajstić information content (AvgIpc) is 2.89. The van der Waals surface area contributed by atoms with E-state index in [0.717, 1.165) is 32.2 Å². The molecule has 4 nitrogen and oxygen atoms in total. The van der Waals surface area contributed by atoms with Gasteiger partial charge in [0.1, 0.15) is 10.8 Å². The van der Waals surface area contributed by atoms with E-state index in [1.807, 2.05) is 38.2 Å². The summed E-state index contributed by atoms with van der Waals surface area (Å²) in [4.78, 5) is 8.54. The minimum Gasteiger partial charge on any atom is -0.497 e. The predicted molar refractivity (Wildman–Crippen MR) is 86.5 cm³/mol. The van der Waals surface area contributed by atoms with Crippen LogP contribution in [0.15, 0.2) is 41.2 Å². The number of rotatable bonds is 5. The molecule has 0 aliphatic carbocycles. The number of hydrogen-bond donors (Lipinski definition) is 1. The summed E-state index contributed by atoms with van der Waals surface area (Å²) < 4.78 is 6.34. The zero-order valence-corrected chi connectivity index (χ0v) is 12.6. The van der Waals surface area contributed by atoms with Gasteiger partial charge in [-0.3, -0.25) is 4.99 Å². The summed E-state index contributed by atoms with van der Waals surface area (Å²) in [5.41, 5.74) is 2.83. The van der Waals surface area contributed by atoms with Crippen LogP contribution in [-0.2, 0) is 0 Å². The Hall–Kier alpha value is -2.14. The fourth-order valence-electron chi connectivity index (χ4n) is 1.92. The standard InChI is InChI=1S/C15H17N3OS/c1-5-12(17-3)11(9-16-2)15-18-13-8-10(19-4)6-7-14(13)20-15/h5-9,17H,2H2,1,3-4H3/b11-9+,12-5+. The molecule has 0 saturated carbocycles. The lowest BCUT2D eigenvalue weighted by Gasteiger charge is -2.07. The van der Waals surface area contributed by atoms with E-state index >= 15 is 0 Å². The second kappa shape index (κ2) is 6.34. The number of ether oxygens (including phenoxy) is 1. The zero-order valence-electron chi connectivity index (χ0n) is 11.8. The molecular formula is C15H17N3OS. The third-order valence-corrected chi connectivity index (χ3v) is 3.96. The summed E-state index contributed by atoms with van der Waals surface area (Å²) in [7, 11) is 3.53. The van der Waals surface area contributed by atoms with E-state index in [1.165, 1.54) is 0 Å². The number of fused-ring (bicyclic) bond motifs is 1. The van der Waals surface area contributed by atoms with Gasteiger partial charge in [-0.25, -0.2) is 4.98 Å². The fourth-order valence-corrected chi connectivity index (χ4v) is 2.89. The van der Waals surface area contributed by atoms with Gasteiger partial charge in [0.25, 0.3) is 0 Å². The highest BCUT2D eigenvalue weighted by Crippen LogP contribution is 2.32. The summed E-state index contributed by atoms with van der Waals surface area (Å²) in [6.07, 6.45) is 3.71. The number of methoxy groups -OCH3 is 1. The van der Waals surface area contributed by atoms with Gasteiger partial charge in [0.15, 0.2) is 0 Å². The molecule has 1 N–H and O–H groups in total. The molecule has 2 rings (SSSR count). The van der Waals surface area contributed by atoms with Crippen LogP contribution < -0.4 is 10.1 Å². The normalized spacial score (nSPS) is 12.6. The lowest BCUT2D eigenvalue weighted by atomic mass is 10.2. The molecule has 0 atom stereocenters. The van der Waals surface area contributed by atoms with Gasteiger partial charge in [0.2, 0.25) is 0 Å². The third-order valence-electron chi connectivity index (χ3n) is 2.89. The Kier molecular flexibility index (Phi) is 4.53. The molecule has 0 fully saturated rings. The van der Waals surface area contributed by atoms with Crippen LogP contribution in [-0.4, -0.2) is 25.9 Å². The van der Waals surface area contributed by atoms with Crippen LogP contribution in [0, 0.1) is 0 Å². The Morgan fingerprint density at radius 2 is 2.30 bits per heavy atom. The fraction of sp³-hybridized carbons (Fsp3) is 0.200. The van der Waals surface area contributed by atoms with Crippen molar-refractivity contribution in [2.45, 2.75) is 6.92 Å². The van der Waals surface area contributed by atoms with E-state index in [4.69, 9.17) is 4.74 Å². The average molecular weight is 287 g/mol. The highest BCUT2D eigenvalue weighted by molar-refractivity contribution is 7.19. The second-order valence-electron chi connectivity index (χ2n) is 4.03. The molecule has 0 aliphatic rings. The molecule has 104 valence electrons. The SMILES string of the molecule is C=N/C=C(\C(=C/C)NC)c1nc2cc(OC)ccc2s1. The van der Waals surface area contributed by atoms with Crippen LogP contribution in [0.4, 0.5) is 0 Å². The number of aliphatic imine (C=N–C) groups is 1. The highest BCUT2D eigenvalue weighted by atomic mass is 32.1. The first-order chi connectivity index (χ1) is 9.73. The Morgan fingerprint density at radius 3 is 2.90 bits per heavy atom. The van der Waals surface area contributed by atoms with Gasteiger partial charge < -0.3 is 10.1 Å². The Bertz CT molecular complexity index is 685. The van der Waals surface area contributed by atoms with Gasteiger partial charge in [-0.15, -0.1) is 11.3 Å². The van der Waals surface area contributed by atoms with Crippen molar-refractivity contribution in [3.63, 3.8) is 0 Å². The number of allylic oxidation sites excluding steroid dienone is 2. The molecule has 1 heterocycles. The molecule has 1 aromatic heterocycles. The van der Waals surface area contributed by atoms with Crippen molar-refractivity contribution in [1.29, 1.82) is 0 Å². The van der Waals surface area contributed by atoms with Gasteiger partial charge in [-0.05, 0) is 25.8 Å². The van der Waals surface area contributed by atoms with Crippen molar-refractivity contribution in [1.82, 2.24) is 10.3 Å². The van der Waals surface area contributed by atoms with Crippen LogP contribution in [0.25, 0.3) is 15.8 Å². The maximum atomic E-state index is 5.23. The quantitative estimate of drug-likeness (QED) is 0.676. The minimum atomic E-state index is 0.807. The smallest absolute Gasteiger partial charge is 0.128 e. The van der Waals surface area contributed by atoms with Crippen LogP contribution >= 0.6 is 11.3 Å². The Morgan fingerprint density at radius 1 is 1.50 bits per heavy atom. The van der Waals surface area contributed by atoms with Crippen LogP contribution in [0.5, 0.6) is 5.75 Å². The van der Waals surface area contributed by atoms with Crippen molar-refractivity contribution in [2.24, 2.45) is 4.99 Å². The van der Waals surface area contributed by atoms with E-state index in [1.54, 1.807) is 24.6 Å². The van der Waals surface area contributed by atoms with Crippen LogP contribution in [0.1, 0.15) is 11.9 Å². The first kappa shape index (κ1) is 14.3. The van der Waals surface area contributed by atoms with E-state index < -0.39 is 0 Å². The van der Waals surface area contributed by atoms with E-state index in [-0.39, 0.29) is 0 Å². The summed E-state index contributed by atoms with van der Waals surface area (Å²) in [6, 6.07) is 5.89. The maximum absolute atomic E-state index is 5.23. The number of thiazole rings is 1. The summed E-state index contributed by atoms with van der Waals surface area (Å²) in [5.74, 6) is 0.807. The molecule has 0 unspecified atom stereocenters. The van der Waals surface area contributed by atoms with Gasteiger partial charge in [-0.2, -0.15) is 0 Å². The lowest BCUT2D eigenvalue weighted by molar-refractivity contribution is 0.415. The van der Waals surface area contributed by atoms with Crippen LogP contribution in [0.2, 0.25) is 0 Å². The van der Waals surface area contributed by atoms with E-state index in [2.05, 4.69) is 22.0 Å². The van der Waals surface area contributed by atoms with Crippen molar-refractivity contribution in [3.05, 3.63) is 41.2 Å². The molecule has 1 aromatic carbocycles. The van der Waals surface area contributed by atoms with Gasteiger partial charge >= 0.3 is 0 Å². The number of nitrogens with one attached hydrogen (secondary N) is 1. The molecule has 0 spiro atoms. The lowest BCUT2D eigenvalue weighted by Crippen LogP contribution is -2.07. The zero-order chi connectivity index (χ0) is 14.5. The largest absolute Gasteiger partial charge is 0.497 e. The van der Waals surface area contributed by atoms with Gasteiger partial charge in [0.05, 0.1) is 22.9 Å². The van der Waals surface area contributed by atoms with Gasteiger partial charge in [-0.1, -0.05) is 6.08 Å². The molecule has 0 bridgehead atoms. The monoisotopic (exact) mass is 287 g/mol.